The summed E-state index contributed by atoms with van der Waals surface area (Å²) in [7, 11) is -3.86. The van der Waals surface area contributed by atoms with E-state index in [1.54, 1.807) is 0 Å². The molecule has 0 heterocycles. The summed E-state index contributed by atoms with van der Waals surface area (Å²) < 4.78 is 36.4. The number of hydrogen-bond donors (Lipinski definition) is 0. The van der Waals surface area contributed by atoms with Crippen LogP contribution in [0.2, 0.25) is 0 Å². The Morgan fingerprint density at radius 3 is 2.38 bits per heavy atom. The number of halogens is 1. The van der Waals surface area contributed by atoms with Gasteiger partial charge in [0.1, 0.15) is 10.7 Å². The van der Waals surface area contributed by atoms with Crippen molar-refractivity contribution in [2.24, 2.45) is 0 Å². The van der Waals surface area contributed by atoms with Crippen LogP contribution in [0.5, 0.6) is 0 Å². The molecular weight excluding hydrogens is 237 g/mol. The first-order valence-corrected chi connectivity index (χ1v) is 5.99. The van der Waals surface area contributed by atoms with Gasteiger partial charge in [0, 0.05) is 6.07 Å². The van der Waals surface area contributed by atoms with Crippen molar-refractivity contribution in [2.75, 3.05) is 0 Å². The van der Waals surface area contributed by atoms with E-state index in [1.165, 1.54) is 13.8 Å². The Labute approximate surface area is 92.0 Å². The Kier molecular flexibility index (Phi) is 3.27. The van der Waals surface area contributed by atoms with Gasteiger partial charge in [-0.05, 0) is 26.0 Å². The lowest BCUT2D eigenvalue weighted by Gasteiger charge is -2.07. The summed E-state index contributed by atoms with van der Waals surface area (Å²) in [5.41, 5.74) is -0.602. The van der Waals surface area contributed by atoms with Crippen molar-refractivity contribution >= 4 is 15.5 Å². The molecule has 0 radical (unpaired) electrons. The fourth-order valence-corrected chi connectivity index (χ4v) is 2.34. The molecule has 0 saturated carbocycles. The summed E-state index contributed by atoms with van der Waals surface area (Å²) in [5.74, 6) is -0.815. The summed E-state index contributed by atoms with van der Waals surface area (Å²) in [6.45, 7) is 2.76. The predicted molar refractivity (Wildman–Crippen MR) is 55.4 cm³/mol. The first kappa shape index (κ1) is 12.6. The van der Waals surface area contributed by atoms with Gasteiger partial charge in [-0.2, -0.15) is 0 Å². The molecule has 0 aliphatic carbocycles. The minimum absolute atomic E-state index is 0.576. The number of sulfone groups is 1. The molecule has 0 saturated heterocycles. The van der Waals surface area contributed by atoms with Gasteiger partial charge in [0.15, 0.2) is 9.84 Å². The lowest BCUT2D eigenvalue weighted by Crippen LogP contribution is -2.15. The zero-order valence-corrected chi connectivity index (χ0v) is 9.49. The van der Waals surface area contributed by atoms with Gasteiger partial charge in [-0.1, -0.05) is 0 Å². The topological polar surface area (TPSA) is 77.3 Å². The van der Waals surface area contributed by atoms with Crippen LogP contribution in [0.4, 0.5) is 10.1 Å². The molecule has 0 spiro atoms. The van der Waals surface area contributed by atoms with E-state index < -0.39 is 36.4 Å². The Bertz CT molecular complexity index is 524. The lowest BCUT2D eigenvalue weighted by atomic mass is 10.3. The monoisotopic (exact) mass is 247 g/mol. The van der Waals surface area contributed by atoms with E-state index in [2.05, 4.69) is 0 Å². The summed E-state index contributed by atoms with van der Waals surface area (Å²) in [6, 6.07) is 2.38. The highest BCUT2D eigenvalue weighted by Gasteiger charge is 2.28. The molecule has 0 aliphatic rings. The smallest absolute Gasteiger partial charge is 0.258 e. The van der Waals surface area contributed by atoms with Crippen LogP contribution < -0.4 is 0 Å². The van der Waals surface area contributed by atoms with E-state index in [9.17, 15) is 22.9 Å². The zero-order valence-electron chi connectivity index (χ0n) is 8.68. The maximum atomic E-state index is 12.9. The molecule has 0 aromatic heterocycles. The molecule has 0 amide bonds. The minimum Gasteiger partial charge on any atom is -0.258 e. The van der Waals surface area contributed by atoms with Gasteiger partial charge in [0.2, 0.25) is 0 Å². The fraction of sp³-hybridized carbons (Fsp3) is 0.333. The van der Waals surface area contributed by atoms with Crippen LogP contribution in [0.15, 0.2) is 23.1 Å². The predicted octanol–water partition coefficient (Wildman–Crippen LogP) is 1.92. The molecular formula is C9H10FNO4S. The van der Waals surface area contributed by atoms with E-state index in [-0.39, 0.29) is 0 Å². The first-order chi connectivity index (χ1) is 7.26. The van der Waals surface area contributed by atoms with Gasteiger partial charge in [0.05, 0.1) is 10.2 Å². The SMILES string of the molecule is CC(C)S(=O)(=O)c1cc(F)ccc1[N+](=O)[O-]. The van der Waals surface area contributed by atoms with Gasteiger partial charge in [-0.3, -0.25) is 10.1 Å². The molecule has 0 aliphatic heterocycles. The average Bonchev–Trinajstić information content (AvgIpc) is 2.16. The van der Waals surface area contributed by atoms with Crippen LogP contribution in [0.1, 0.15) is 13.8 Å². The second kappa shape index (κ2) is 4.17. The van der Waals surface area contributed by atoms with Crippen LogP contribution in [0.3, 0.4) is 0 Å². The van der Waals surface area contributed by atoms with Gasteiger partial charge in [-0.15, -0.1) is 0 Å². The molecule has 0 unspecified atom stereocenters. The lowest BCUT2D eigenvalue weighted by molar-refractivity contribution is -0.387. The van der Waals surface area contributed by atoms with Crippen LogP contribution in [0.25, 0.3) is 0 Å². The zero-order chi connectivity index (χ0) is 12.5. The molecule has 1 aromatic rings. The van der Waals surface area contributed by atoms with Crippen molar-refractivity contribution in [1.82, 2.24) is 0 Å². The number of hydrogen-bond acceptors (Lipinski definition) is 4. The Hall–Kier alpha value is -1.50. The number of nitro benzene ring substituents is 1. The molecule has 0 fully saturated rings. The molecule has 7 heteroatoms. The van der Waals surface area contributed by atoms with Crippen LogP contribution >= 0.6 is 0 Å². The standard InChI is InChI=1S/C9H10FNO4S/c1-6(2)16(14,15)9-5-7(10)3-4-8(9)11(12)13/h3-6H,1-2H3. The number of nitro groups is 1. The molecule has 16 heavy (non-hydrogen) atoms. The normalized spacial score (nSPS) is 11.8. The average molecular weight is 247 g/mol. The highest BCUT2D eigenvalue weighted by molar-refractivity contribution is 7.92. The first-order valence-electron chi connectivity index (χ1n) is 4.44. The van der Waals surface area contributed by atoms with Crippen molar-refractivity contribution in [3.8, 4) is 0 Å². The molecule has 5 nitrogen and oxygen atoms in total. The van der Waals surface area contributed by atoms with E-state index in [0.717, 1.165) is 12.1 Å². The van der Waals surface area contributed by atoms with E-state index >= 15 is 0 Å². The van der Waals surface area contributed by atoms with Crippen molar-refractivity contribution < 1.29 is 17.7 Å². The Morgan fingerprint density at radius 2 is 1.94 bits per heavy atom. The molecule has 0 bridgehead atoms. The highest BCUT2D eigenvalue weighted by Crippen LogP contribution is 2.27. The number of rotatable bonds is 3. The van der Waals surface area contributed by atoms with Gasteiger partial charge >= 0.3 is 0 Å². The summed E-state index contributed by atoms with van der Waals surface area (Å²) in [5, 5.41) is 9.78. The van der Waals surface area contributed by atoms with Gasteiger partial charge in [0.25, 0.3) is 5.69 Å². The van der Waals surface area contributed by atoms with Crippen molar-refractivity contribution in [3.05, 3.63) is 34.1 Å². The van der Waals surface area contributed by atoms with Crippen LogP contribution in [0, 0.1) is 15.9 Å². The maximum Gasteiger partial charge on any atom is 0.288 e. The number of benzene rings is 1. The van der Waals surface area contributed by atoms with Crippen molar-refractivity contribution in [1.29, 1.82) is 0 Å². The van der Waals surface area contributed by atoms with E-state index in [4.69, 9.17) is 0 Å². The highest BCUT2D eigenvalue weighted by atomic mass is 32.2. The Balaban J connectivity index is 3.54. The third-order valence-electron chi connectivity index (χ3n) is 2.05. The molecule has 88 valence electrons. The quantitative estimate of drug-likeness (QED) is 0.603. The van der Waals surface area contributed by atoms with Crippen LogP contribution in [-0.4, -0.2) is 18.6 Å². The maximum absolute atomic E-state index is 12.9. The van der Waals surface area contributed by atoms with E-state index in [0.29, 0.717) is 6.07 Å². The van der Waals surface area contributed by atoms with Crippen molar-refractivity contribution in [2.45, 2.75) is 24.0 Å². The molecule has 0 N–H and O–H groups in total. The van der Waals surface area contributed by atoms with Crippen molar-refractivity contribution in [3.63, 3.8) is 0 Å². The molecule has 1 aromatic carbocycles. The second-order valence-electron chi connectivity index (χ2n) is 3.46. The third-order valence-corrected chi connectivity index (χ3v) is 4.23. The van der Waals surface area contributed by atoms with E-state index in [1.807, 2.05) is 0 Å². The summed E-state index contributed by atoms with van der Waals surface area (Å²) in [6.07, 6.45) is 0. The third kappa shape index (κ3) is 2.19. The van der Waals surface area contributed by atoms with Crippen LogP contribution in [-0.2, 0) is 9.84 Å². The number of nitrogens with zero attached hydrogens (tertiary/aromatic N) is 1. The summed E-state index contributed by atoms with van der Waals surface area (Å²) in [4.78, 5) is 9.21. The largest absolute Gasteiger partial charge is 0.288 e. The fourth-order valence-electron chi connectivity index (χ4n) is 1.12. The van der Waals surface area contributed by atoms with Gasteiger partial charge < -0.3 is 0 Å². The second-order valence-corrected chi connectivity index (χ2v) is 5.94. The Morgan fingerprint density at radius 1 is 1.38 bits per heavy atom. The molecule has 1 rings (SSSR count). The minimum atomic E-state index is -3.86. The summed E-state index contributed by atoms with van der Waals surface area (Å²) >= 11 is 0. The van der Waals surface area contributed by atoms with Gasteiger partial charge in [-0.25, -0.2) is 12.8 Å². The molecule has 0 atom stereocenters.